The minimum absolute atomic E-state index is 0.130. The first-order valence-electron chi connectivity index (χ1n) is 7.93. The minimum atomic E-state index is -0.575. The van der Waals surface area contributed by atoms with Crippen molar-refractivity contribution in [2.45, 2.75) is 26.2 Å². The maximum Gasteiger partial charge on any atom is 0.416 e. The molecule has 1 aliphatic heterocycles. The summed E-state index contributed by atoms with van der Waals surface area (Å²) in [5.41, 5.74) is 2.11. The zero-order valence-corrected chi connectivity index (χ0v) is 13.4. The van der Waals surface area contributed by atoms with E-state index in [0.717, 1.165) is 23.3 Å². The topological polar surface area (TPSA) is 66.8 Å². The highest BCUT2D eigenvalue weighted by Crippen LogP contribution is 2.22. The maximum atomic E-state index is 12.2. The van der Waals surface area contributed by atoms with Crippen LogP contribution in [0.25, 0.3) is 0 Å². The lowest BCUT2D eigenvalue weighted by atomic mass is 9.88. The fraction of sp³-hybridized carbons (Fsp3) is 0.444. The second-order valence-electron chi connectivity index (χ2n) is 5.75. The molecule has 1 aromatic rings. The van der Waals surface area contributed by atoms with Crippen molar-refractivity contribution in [3.63, 3.8) is 0 Å². The smallest absolute Gasteiger partial charge is 0.416 e. The Morgan fingerprint density at radius 2 is 2.13 bits per heavy atom. The Morgan fingerprint density at radius 1 is 1.39 bits per heavy atom. The van der Waals surface area contributed by atoms with E-state index in [9.17, 15) is 9.59 Å². The summed E-state index contributed by atoms with van der Waals surface area (Å²) in [5, 5.41) is 9.10. The summed E-state index contributed by atoms with van der Waals surface area (Å²) in [6, 6.07) is 10.1. The van der Waals surface area contributed by atoms with Gasteiger partial charge >= 0.3 is 6.09 Å². The van der Waals surface area contributed by atoms with Crippen LogP contribution in [0.4, 0.5) is 4.79 Å². The number of imide groups is 1. The number of hydrogen-bond acceptors (Lipinski definition) is 4. The number of benzene rings is 1. The zero-order chi connectivity index (χ0) is 16.7. The van der Waals surface area contributed by atoms with E-state index in [1.165, 1.54) is 11.6 Å². The molecule has 23 heavy (non-hydrogen) atoms. The summed E-state index contributed by atoms with van der Waals surface area (Å²) < 4.78 is 4.79. The average molecular weight is 317 g/mol. The molecule has 1 aromatic carbocycles. The van der Waals surface area contributed by atoms with E-state index in [2.05, 4.69) is 12.1 Å². The first kappa shape index (κ1) is 17.2. The normalized spacial score (nSPS) is 16.3. The van der Waals surface area contributed by atoms with Crippen LogP contribution in [-0.2, 0) is 16.0 Å². The van der Waals surface area contributed by atoms with Gasteiger partial charge in [-0.25, -0.2) is 9.69 Å². The molecule has 0 aliphatic carbocycles. The molecule has 0 spiro atoms. The second kappa shape index (κ2) is 8.48. The number of aliphatic hydroxyl groups is 1. The van der Waals surface area contributed by atoms with Gasteiger partial charge in [-0.1, -0.05) is 35.9 Å². The van der Waals surface area contributed by atoms with E-state index in [1.54, 1.807) is 0 Å². The van der Waals surface area contributed by atoms with Crippen LogP contribution in [0.2, 0.25) is 0 Å². The first-order chi connectivity index (χ1) is 11.1. The van der Waals surface area contributed by atoms with E-state index < -0.39 is 6.09 Å². The Kier molecular flexibility index (Phi) is 6.35. The standard InChI is InChI=1S/C18H23NO4/c1-14(12-17(21)19-9-11-23-18(19)22)16(8-5-10-20)13-15-6-3-2-4-7-15/h2-4,6-7,12,16,20H,5,8-11,13H2,1H3/b14-12-. The van der Waals surface area contributed by atoms with Gasteiger partial charge in [-0.15, -0.1) is 0 Å². The zero-order valence-electron chi connectivity index (χ0n) is 13.4. The quantitative estimate of drug-likeness (QED) is 0.785. The SMILES string of the molecule is C/C(=C/C(=O)N1CCOC1=O)C(CCCO)Cc1ccccc1. The van der Waals surface area contributed by atoms with Crippen molar-refractivity contribution in [3.05, 3.63) is 47.5 Å². The number of carbonyl (C=O) groups is 2. The van der Waals surface area contributed by atoms with Crippen molar-refractivity contribution in [2.24, 2.45) is 5.92 Å². The molecule has 5 heteroatoms. The van der Waals surface area contributed by atoms with Gasteiger partial charge in [-0.05, 0) is 37.7 Å². The maximum absolute atomic E-state index is 12.2. The van der Waals surface area contributed by atoms with Crippen molar-refractivity contribution < 1.29 is 19.4 Å². The molecule has 1 atom stereocenters. The highest BCUT2D eigenvalue weighted by atomic mass is 16.6. The van der Waals surface area contributed by atoms with Gasteiger partial charge in [0.1, 0.15) is 6.61 Å². The fourth-order valence-electron chi connectivity index (χ4n) is 2.71. The summed E-state index contributed by atoms with van der Waals surface area (Å²) in [6.07, 6.45) is 3.24. The molecular formula is C18H23NO4. The van der Waals surface area contributed by atoms with Crippen molar-refractivity contribution in [1.82, 2.24) is 4.90 Å². The largest absolute Gasteiger partial charge is 0.447 e. The molecular weight excluding hydrogens is 294 g/mol. The van der Waals surface area contributed by atoms with Crippen LogP contribution in [0.15, 0.2) is 42.0 Å². The van der Waals surface area contributed by atoms with Crippen LogP contribution >= 0.6 is 0 Å². The van der Waals surface area contributed by atoms with Gasteiger partial charge in [0.25, 0.3) is 5.91 Å². The molecule has 0 aromatic heterocycles. The molecule has 1 aliphatic rings. The van der Waals surface area contributed by atoms with Crippen LogP contribution in [0.3, 0.4) is 0 Å². The molecule has 1 unspecified atom stereocenters. The number of hydrogen-bond donors (Lipinski definition) is 1. The molecule has 1 saturated heterocycles. The lowest BCUT2D eigenvalue weighted by molar-refractivity contribution is -0.122. The van der Waals surface area contributed by atoms with E-state index >= 15 is 0 Å². The average Bonchev–Trinajstić information content (AvgIpc) is 2.98. The van der Waals surface area contributed by atoms with Crippen molar-refractivity contribution >= 4 is 12.0 Å². The molecule has 1 heterocycles. The molecule has 0 saturated carbocycles. The van der Waals surface area contributed by atoms with Crippen molar-refractivity contribution in [2.75, 3.05) is 19.8 Å². The van der Waals surface area contributed by atoms with E-state index in [1.807, 2.05) is 25.1 Å². The fourth-order valence-corrected chi connectivity index (χ4v) is 2.71. The minimum Gasteiger partial charge on any atom is -0.447 e. The molecule has 0 radical (unpaired) electrons. The Balaban J connectivity index is 2.08. The van der Waals surface area contributed by atoms with E-state index in [-0.39, 0.29) is 25.0 Å². The Labute approximate surface area is 136 Å². The van der Waals surface area contributed by atoms with Gasteiger partial charge in [0, 0.05) is 12.7 Å². The third-order valence-corrected chi connectivity index (χ3v) is 4.06. The summed E-state index contributed by atoms with van der Waals surface area (Å²) in [4.78, 5) is 24.8. The van der Waals surface area contributed by atoms with Crippen LogP contribution in [0, 0.1) is 5.92 Å². The van der Waals surface area contributed by atoms with E-state index in [4.69, 9.17) is 9.84 Å². The summed E-state index contributed by atoms with van der Waals surface area (Å²) in [5.74, 6) is -0.167. The van der Waals surface area contributed by atoms with Gasteiger partial charge in [0.15, 0.2) is 0 Å². The number of carbonyl (C=O) groups excluding carboxylic acids is 2. The van der Waals surface area contributed by atoms with Crippen LogP contribution in [-0.4, -0.2) is 41.8 Å². The number of rotatable bonds is 7. The molecule has 2 rings (SSSR count). The van der Waals surface area contributed by atoms with Crippen LogP contribution < -0.4 is 0 Å². The lowest BCUT2D eigenvalue weighted by Crippen LogP contribution is -2.30. The molecule has 124 valence electrons. The third-order valence-electron chi connectivity index (χ3n) is 4.06. The molecule has 2 amide bonds. The van der Waals surface area contributed by atoms with Gasteiger partial charge in [-0.2, -0.15) is 0 Å². The summed E-state index contributed by atoms with van der Waals surface area (Å²) in [7, 11) is 0. The summed E-state index contributed by atoms with van der Waals surface area (Å²) >= 11 is 0. The predicted octanol–water partition coefficient (Wildman–Crippen LogP) is 2.54. The van der Waals surface area contributed by atoms with Crippen LogP contribution in [0.1, 0.15) is 25.3 Å². The molecule has 1 fully saturated rings. The Morgan fingerprint density at radius 3 is 2.74 bits per heavy atom. The van der Waals surface area contributed by atoms with Gasteiger partial charge in [0.05, 0.1) is 6.54 Å². The van der Waals surface area contributed by atoms with Gasteiger partial charge in [0.2, 0.25) is 0 Å². The molecule has 1 N–H and O–H groups in total. The predicted molar refractivity (Wildman–Crippen MR) is 86.8 cm³/mol. The second-order valence-corrected chi connectivity index (χ2v) is 5.75. The Hall–Kier alpha value is -2.14. The highest BCUT2D eigenvalue weighted by molar-refractivity contribution is 5.99. The molecule has 5 nitrogen and oxygen atoms in total. The van der Waals surface area contributed by atoms with E-state index in [0.29, 0.717) is 13.0 Å². The van der Waals surface area contributed by atoms with Gasteiger partial charge in [-0.3, -0.25) is 4.79 Å². The molecule has 0 bridgehead atoms. The number of allylic oxidation sites excluding steroid dienone is 1. The Bertz CT molecular complexity index is 568. The first-order valence-corrected chi connectivity index (χ1v) is 7.93. The summed E-state index contributed by atoms with van der Waals surface area (Å²) in [6.45, 7) is 2.60. The van der Waals surface area contributed by atoms with Gasteiger partial charge < -0.3 is 9.84 Å². The van der Waals surface area contributed by atoms with Crippen molar-refractivity contribution in [3.8, 4) is 0 Å². The highest BCUT2D eigenvalue weighted by Gasteiger charge is 2.27. The monoisotopic (exact) mass is 317 g/mol. The lowest BCUT2D eigenvalue weighted by Gasteiger charge is -2.18. The number of nitrogens with zero attached hydrogens (tertiary/aromatic N) is 1. The number of ether oxygens (including phenoxy) is 1. The van der Waals surface area contributed by atoms with Crippen molar-refractivity contribution in [1.29, 1.82) is 0 Å². The number of cyclic esters (lactones) is 1. The third kappa shape index (κ3) is 4.93. The van der Waals surface area contributed by atoms with Crippen LogP contribution in [0.5, 0.6) is 0 Å². The number of aliphatic hydroxyl groups excluding tert-OH is 1. The number of amides is 2.